The molecule has 2 rings (SSSR count). The summed E-state index contributed by atoms with van der Waals surface area (Å²) in [6.45, 7) is 4.75. The lowest BCUT2D eigenvalue weighted by Gasteiger charge is -2.34. The second-order valence-corrected chi connectivity index (χ2v) is 8.44. The first-order valence-corrected chi connectivity index (χ1v) is 9.22. The largest absolute Gasteiger partial charge is 0.340 e. The van der Waals surface area contributed by atoms with Crippen molar-refractivity contribution in [2.24, 2.45) is 5.73 Å². The van der Waals surface area contributed by atoms with Gasteiger partial charge in [0, 0.05) is 31.4 Å². The lowest BCUT2D eigenvalue weighted by molar-refractivity contribution is -0.129. The Labute approximate surface area is 121 Å². The number of hydrogen-bond donors (Lipinski definition) is 1. The molecule has 2 atom stereocenters. The van der Waals surface area contributed by atoms with Crippen molar-refractivity contribution >= 4 is 15.7 Å². The Hall–Kier alpha value is -0.660. The second-order valence-electron chi connectivity index (χ2n) is 6.07. The Morgan fingerprint density at radius 1 is 1.20 bits per heavy atom. The number of likely N-dealkylation sites (tertiary alicyclic amines) is 2. The van der Waals surface area contributed by atoms with Gasteiger partial charge >= 0.3 is 0 Å². The molecule has 7 heteroatoms. The summed E-state index contributed by atoms with van der Waals surface area (Å²) in [5.74, 6) is -0.260. The van der Waals surface area contributed by atoms with E-state index in [0.29, 0.717) is 25.2 Å². The van der Waals surface area contributed by atoms with E-state index in [0.717, 1.165) is 38.6 Å². The van der Waals surface area contributed by atoms with Crippen molar-refractivity contribution in [3.63, 3.8) is 0 Å². The first-order valence-electron chi connectivity index (χ1n) is 7.26. The Bertz CT molecular complexity index is 457. The molecule has 0 bridgehead atoms. The third-order valence-electron chi connectivity index (χ3n) is 4.56. The molecule has 2 fully saturated rings. The first kappa shape index (κ1) is 15.7. The van der Waals surface area contributed by atoms with Crippen LogP contribution in [-0.2, 0) is 14.6 Å². The molecule has 0 spiro atoms. The monoisotopic (exact) mass is 303 g/mol. The zero-order valence-corrected chi connectivity index (χ0v) is 13.1. The standard InChI is InChI=1S/C13H25N3O3S/c1-10(20(2,18)19)13(17)16-8-5-12(9-16)15-6-3-11(14)4-7-15/h10-12H,3-9,14H2,1-2H3. The highest BCUT2D eigenvalue weighted by molar-refractivity contribution is 7.92. The molecule has 0 aromatic heterocycles. The maximum absolute atomic E-state index is 12.2. The molecule has 2 N–H and O–H groups in total. The predicted octanol–water partition coefficient (Wildman–Crippen LogP) is -0.556. The van der Waals surface area contributed by atoms with Crippen LogP contribution < -0.4 is 5.73 Å². The van der Waals surface area contributed by atoms with E-state index in [1.165, 1.54) is 6.92 Å². The number of hydrogen-bond acceptors (Lipinski definition) is 5. The summed E-state index contributed by atoms with van der Waals surface area (Å²) in [6, 6.07) is 0.661. The van der Waals surface area contributed by atoms with Gasteiger partial charge in [-0.25, -0.2) is 8.42 Å². The fourth-order valence-electron chi connectivity index (χ4n) is 2.96. The average Bonchev–Trinajstić information content (AvgIpc) is 2.86. The molecule has 0 aliphatic carbocycles. The molecule has 0 radical (unpaired) electrons. The summed E-state index contributed by atoms with van der Waals surface area (Å²) in [7, 11) is -3.31. The first-order chi connectivity index (χ1) is 9.29. The second kappa shape index (κ2) is 5.99. The minimum atomic E-state index is -3.31. The van der Waals surface area contributed by atoms with Crippen molar-refractivity contribution in [2.75, 3.05) is 32.4 Å². The summed E-state index contributed by atoms with van der Waals surface area (Å²) in [4.78, 5) is 16.3. The quantitative estimate of drug-likeness (QED) is 0.756. The van der Waals surface area contributed by atoms with E-state index < -0.39 is 15.1 Å². The topological polar surface area (TPSA) is 83.7 Å². The molecular formula is C13H25N3O3S. The van der Waals surface area contributed by atoms with Gasteiger partial charge in [0.25, 0.3) is 0 Å². The van der Waals surface area contributed by atoms with E-state index in [9.17, 15) is 13.2 Å². The van der Waals surface area contributed by atoms with Gasteiger partial charge in [0.05, 0.1) is 0 Å². The Morgan fingerprint density at radius 3 is 2.35 bits per heavy atom. The van der Waals surface area contributed by atoms with Gasteiger partial charge in [-0.1, -0.05) is 0 Å². The van der Waals surface area contributed by atoms with Gasteiger partial charge in [0.2, 0.25) is 5.91 Å². The molecule has 1 amide bonds. The van der Waals surface area contributed by atoms with Crippen molar-refractivity contribution in [2.45, 2.75) is 43.5 Å². The molecule has 2 unspecified atom stereocenters. The fraction of sp³-hybridized carbons (Fsp3) is 0.923. The lowest BCUT2D eigenvalue weighted by atomic mass is 10.0. The van der Waals surface area contributed by atoms with Crippen LogP contribution in [0, 0.1) is 0 Å². The molecule has 6 nitrogen and oxygen atoms in total. The molecule has 2 aliphatic rings. The number of piperidine rings is 1. The number of sulfone groups is 1. The van der Waals surface area contributed by atoms with Crippen molar-refractivity contribution in [3.8, 4) is 0 Å². The zero-order chi connectivity index (χ0) is 14.9. The summed E-state index contributed by atoms with van der Waals surface area (Å²) in [5.41, 5.74) is 5.90. The number of carbonyl (C=O) groups excluding carboxylic acids is 1. The SMILES string of the molecule is CC(C(=O)N1CCC(N2CCC(N)CC2)C1)S(C)(=O)=O. The Kier molecular flexibility index (Phi) is 4.71. The maximum Gasteiger partial charge on any atom is 0.240 e. The molecule has 2 aliphatic heterocycles. The molecule has 0 aromatic rings. The van der Waals surface area contributed by atoms with Crippen LogP contribution in [0.4, 0.5) is 0 Å². The van der Waals surface area contributed by atoms with Crippen LogP contribution >= 0.6 is 0 Å². The maximum atomic E-state index is 12.2. The van der Waals surface area contributed by atoms with Gasteiger partial charge in [-0.3, -0.25) is 9.69 Å². The number of nitrogens with zero attached hydrogens (tertiary/aromatic N) is 2. The smallest absolute Gasteiger partial charge is 0.240 e. The summed E-state index contributed by atoms with van der Waals surface area (Å²) < 4.78 is 23.0. The number of rotatable bonds is 3. The van der Waals surface area contributed by atoms with E-state index in [1.54, 1.807) is 4.90 Å². The van der Waals surface area contributed by atoms with Gasteiger partial charge in [-0.15, -0.1) is 0 Å². The molecule has 2 heterocycles. The number of nitrogens with two attached hydrogens (primary N) is 1. The third-order valence-corrected chi connectivity index (χ3v) is 6.04. The normalized spacial score (nSPS) is 27.8. The summed E-state index contributed by atoms with van der Waals surface area (Å²) >= 11 is 0. The number of amides is 1. The summed E-state index contributed by atoms with van der Waals surface area (Å²) in [5, 5.41) is -0.934. The van der Waals surface area contributed by atoms with E-state index in [-0.39, 0.29) is 5.91 Å². The molecule has 2 saturated heterocycles. The van der Waals surface area contributed by atoms with Crippen LogP contribution in [0.2, 0.25) is 0 Å². The van der Waals surface area contributed by atoms with Gasteiger partial charge in [-0.05, 0) is 39.3 Å². The van der Waals surface area contributed by atoms with Crippen LogP contribution in [0.25, 0.3) is 0 Å². The molecule has 116 valence electrons. The van der Waals surface area contributed by atoms with Crippen LogP contribution in [0.15, 0.2) is 0 Å². The van der Waals surface area contributed by atoms with E-state index in [2.05, 4.69) is 4.90 Å². The van der Waals surface area contributed by atoms with Crippen LogP contribution in [0.3, 0.4) is 0 Å². The number of carbonyl (C=O) groups is 1. The van der Waals surface area contributed by atoms with Gasteiger partial charge < -0.3 is 10.6 Å². The molecule has 0 aromatic carbocycles. The minimum absolute atomic E-state index is 0.260. The van der Waals surface area contributed by atoms with E-state index in [4.69, 9.17) is 5.73 Å². The Balaban J connectivity index is 1.90. The van der Waals surface area contributed by atoms with Gasteiger partial charge in [-0.2, -0.15) is 0 Å². The lowest BCUT2D eigenvalue weighted by Crippen LogP contribution is -2.47. The highest BCUT2D eigenvalue weighted by Crippen LogP contribution is 2.21. The van der Waals surface area contributed by atoms with E-state index >= 15 is 0 Å². The zero-order valence-electron chi connectivity index (χ0n) is 12.3. The van der Waals surface area contributed by atoms with Crippen LogP contribution in [0.1, 0.15) is 26.2 Å². The van der Waals surface area contributed by atoms with Crippen LogP contribution in [-0.4, -0.2) is 73.9 Å². The van der Waals surface area contributed by atoms with Crippen molar-refractivity contribution < 1.29 is 13.2 Å². The highest BCUT2D eigenvalue weighted by atomic mass is 32.2. The summed E-state index contributed by atoms with van der Waals surface area (Å²) in [6.07, 6.45) is 4.06. The van der Waals surface area contributed by atoms with Gasteiger partial charge in [0.1, 0.15) is 5.25 Å². The van der Waals surface area contributed by atoms with Crippen molar-refractivity contribution in [3.05, 3.63) is 0 Å². The Morgan fingerprint density at radius 2 is 1.80 bits per heavy atom. The minimum Gasteiger partial charge on any atom is -0.340 e. The molecular weight excluding hydrogens is 278 g/mol. The third kappa shape index (κ3) is 3.51. The molecule has 0 saturated carbocycles. The fourth-order valence-corrected chi connectivity index (χ4v) is 3.48. The van der Waals surface area contributed by atoms with Crippen LogP contribution in [0.5, 0.6) is 0 Å². The average molecular weight is 303 g/mol. The van der Waals surface area contributed by atoms with E-state index in [1.807, 2.05) is 0 Å². The predicted molar refractivity (Wildman–Crippen MR) is 78.1 cm³/mol. The highest BCUT2D eigenvalue weighted by Gasteiger charge is 2.35. The van der Waals surface area contributed by atoms with Crippen molar-refractivity contribution in [1.29, 1.82) is 0 Å². The van der Waals surface area contributed by atoms with Crippen molar-refractivity contribution in [1.82, 2.24) is 9.80 Å². The van der Waals surface area contributed by atoms with Gasteiger partial charge in [0.15, 0.2) is 9.84 Å². The molecule has 20 heavy (non-hydrogen) atoms.